The SMILES string of the molecule is COC(=O)c1ccc(-c2cc(Cl)cc3c2O[C@@H](CNC(=O)c2snnc2C)C3)cc1. The van der Waals surface area contributed by atoms with Gasteiger partial charge in [0.2, 0.25) is 0 Å². The lowest BCUT2D eigenvalue weighted by molar-refractivity contribution is 0.0600. The molecule has 1 aromatic heterocycles. The molecule has 0 saturated heterocycles. The smallest absolute Gasteiger partial charge is 0.337 e. The van der Waals surface area contributed by atoms with E-state index in [0.29, 0.717) is 34.1 Å². The van der Waals surface area contributed by atoms with Crippen LogP contribution in [0.3, 0.4) is 0 Å². The maximum absolute atomic E-state index is 12.3. The highest BCUT2D eigenvalue weighted by molar-refractivity contribution is 7.08. The van der Waals surface area contributed by atoms with Crippen molar-refractivity contribution in [1.29, 1.82) is 0 Å². The molecule has 1 aliphatic rings. The van der Waals surface area contributed by atoms with Gasteiger partial charge >= 0.3 is 5.97 Å². The number of hydrogen-bond donors (Lipinski definition) is 1. The quantitative estimate of drug-likeness (QED) is 0.605. The molecule has 4 rings (SSSR count). The Labute approximate surface area is 182 Å². The summed E-state index contributed by atoms with van der Waals surface area (Å²) < 4.78 is 14.7. The number of esters is 1. The molecular weight excluding hydrogens is 426 g/mol. The number of benzene rings is 2. The average molecular weight is 444 g/mol. The summed E-state index contributed by atoms with van der Waals surface area (Å²) in [7, 11) is 1.35. The number of methoxy groups -OCH3 is 1. The topological polar surface area (TPSA) is 90.4 Å². The minimum Gasteiger partial charge on any atom is -0.487 e. The van der Waals surface area contributed by atoms with Crippen molar-refractivity contribution in [3.05, 3.63) is 63.1 Å². The number of rotatable bonds is 5. The van der Waals surface area contributed by atoms with E-state index in [1.165, 1.54) is 7.11 Å². The second-order valence-corrected chi connectivity index (χ2v) is 8.04. The third-order valence-corrected chi connectivity index (χ3v) is 5.87. The molecule has 0 unspecified atom stereocenters. The number of halogens is 1. The van der Waals surface area contributed by atoms with Crippen molar-refractivity contribution in [3.8, 4) is 16.9 Å². The Kier molecular flexibility index (Phi) is 5.69. The minimum absolute atomic E-state index is 0.210. The fourth-order valence-corrected chi connectivity index (χ4v) is 4.17. The van der Waals surface area contributed by atoms with Crippen LogP contribution in [-0.4, -0.2) is 41.2 Å². The first-order valence-electron chi connectivity index (χ1n) is 9.21. The highest BCUT2D eigenvalue weighted by Crippen LogP contribution is 2.41. The predicted molar refractivity (Wildman–Crippen MR) is 113 cm³/mol. The molecule has 154 valence electrons. The lowest BCUT2D eigenvalue weighted by Crippen LogP contribution is -2.34. The Hall–Kier alpha value is -2.97. The van der Waals surface area contributed by atoms with Crippen LogP contribution in [-0.2, 0) is 11.2 Å². The summed E-state index contributed by atoms with van der Waals surface area (Å²) in [5.41, 5.74) is 3.76. The second-order valence-electron chi connectivity index (χ2n) is 6.85. The van der Waals surface area contributed by atoms with E-state index in [4.69, 9.17) is 21.1 Å². The lowest BCUT2D eigenvalue weighted by Gasteiger charge is -2.14. The number of fused-ring (bicyclic) bond motifs is 1. The zero-order valence-corrected chi connectivity index (χ0v) is 17.8. The van der Waals surface area contributed by atoms with E-state index in [1.807, 2.05) is 24.3 Å². The standard InChI is InChI=1S/C21H18ClN3O4S/c1-11-19(30-25-24-11)20(26)23-10-16-8-14-7-15(22)9-17(18(14)29-16)12-3-5-13(6-4-12)21(27)28-2/h3-7,9,16H,8,10H2,1-2H3,(H,23,26)/t16-/m1/s1. The van der Waals surface area contributed by atoms with Crippen LogP contribution in [0.25, 0.3) is 11.1 Å². The monoisotopic (exact) mass is 443 g/mol. The van der Waals surface area contributed by atoms with Gasteiger partial charge in [-0.25, -0.2) is 4.79 Å². The summed E-state index contributed by atoms with van der Waals surface area (Å²) in [4.78, 5) is 24.5. The van der Waals surface area contributed by atoms with Crippen molar-refractivity contribution in [2.45, 2.75) is 19.4 Å². The van der Waals surface area contributed by atoms with Crippen molar-refractivity contribution in [2.24, 2.45) is 0 Å². The van der Waals surface area contributed by atoms with Crippen LogP contribution in [0, 0.1) is 6.92 Å². The number of aromatic nitrogens is 2. The maximum Gasteiger partial charge on any atom is 0.337 e. The van der Waals surface area contributed by atoms with Crippen LogP contribution in [0.5, 0.6) is 5.75 Å². The van der Waals surface area contributed by atoms with Gasteiger partial charge in [-0.2, -0.15) is 0 Å². The number of carbonyl (C=O) groups is 2. The Bertz CT molecular complexity index is 1110. The molecule has 0 fully saturated rings. The minimum atomic E-state index is -0.392. The van der Waals surface area contributed by atoms with Crippen molar-refractivity contribution in [3.63, 3.8) is 0 Å². The van der Waals surface area contributed by atoms with Gasteiger partial charge in [-0.3, -0.25) is 4.79 Å². The van der Waals surface area contributed by atoms with Gasteiger partial charge in [-0.1, -0.05) is 28.2 Å². The molecule has 1 atom stereocenters. The second kappa shape index (κ2) is 8.41. The van der Waals surface area contributed by atoms with Crippen LogP contribution in [0.1, 0.15) is 31.3 Å². The summed E-state index contributed by atoms with van der Waals surface area (Å²) in [6.07, 6.45) is 0.417. The van der Waals surface area contributed by atoms with Gasteiger partial charge in [0, 0.05) is 22.6 Å². The lowest BCUT2D eigenvalue weighted by atomic mass is 9.99. The third kappa shape index (κ3) is 4.01. The Balaban J connectivity index is 1.51. The van der Waals surface area contributed by atoms with Crippen molar-refractivity contribution in [1.82, 2.24) is 14.9 Å². The summed E-state index contributed by atoms with van der Waals surface area (Å²) in [5.74, 6) is 0.134. The van der Waals surface area contributed by atoms with E-state index in [9.17, 15) is 9.59 Å². The van der Waals surface area contributed by atoms with Gasteiger partial charge < -0.3 is 14.8 Å². The van der Waals surface area contributed by atoms with Crippen LogP contribution in [0.2, 0.25) is 5.02 Å². The van der Waals surface area contributed by atoms with Crippen molar-refractivity contribution < 1.29 is 19.1 Å². The number of aryl methyl sites for hydroxylation is 1. The molecule has 9 heteroatoms. The first-order chi connectivity index (χ1) is 14.5. The molecule has 1 aliphatic heterocycles. The third-order valence-electron chi connectivity index (χ3n) is 4.83. The zero-order chi connectivity index (χ0) is 21.3. The van der Waals surface area contributed by atoms with Crippen LogP contribution >= 0.6 is 23.1 Å². The largest absolute Gasteiger partial charge is 0.487 e. The highest BCUT2D eigenvalue weighted by Gasteiger charge is 2.27. The van der Waals surface area contributed by atoms with Crippen LogP contribution in [0.15, 0.2) is 36.4 Å². The van der Waals surface area contributed by atoms with Gasteiger partial charge in [0.15, 0.2) is 0 Å². The fraction of sp³-hybridized carbons (Fsp3) is 0.238. The molecule has 0 saturated carbocycles. The fourth-order valence-electron chi connectivity index (χ4n) is 3.35. The van der Waals surface area contributed by atoms with E-state index in [2.05, 4.69) is 14.9 Å². The maximum atomic E-state index is 12.3. The molecule has 2 heterocycles. The number of hydrogen-bond acceptors (Lipinski definition) is 7. The summed E-state index contributed by atoms with van der Waals surface area (Å²) in [5, 5.41) is 7.34. The van der Waals surface area contributed by atoms with E-state index < -0.39 is 5.97 Å². The van der Waals surface area contributed by atoms with Gasteiger partial charge in [0.25, 0.3) is 5.91 Å². The van der Waals surface area contributed by atoms with Crippen LogP contribution in [0.4, 0.5) is 0 Å². The number of ether oxygens (including phenoxy) is 2. The van der Waals surface area contributed by atoms with Gasteiger partial charge in [-0.15, -0.1) is 5.10 Å². The summed E-state index contributed by atoms with van der Waals surface area (Å²) in [6, 6.07) is 10.8. The predicted octanol–water partition coefficient (Wildman–Crippen LogP) is 3.69. The molecule has 1 N–H and O–H groups in total. The highest BCUT2D eigenvalue weighted by atomic mass is 35.5. The van der Waals surface area contributed by atoms with Crippen molar-refractivity contribution >= 4 is 35.0 Å². The molecule has 3 aromatic rings. The molecule has 30 heavy (non-hydrogen) atoms. The Morgan fingerprint density at radius 2 is 2.07 bits per heavy atom. The Morgan fingerprint density at radius 1 is 1.30 bits per heavy atom. The van der Waals surface area contributed by atoms with E-state index in [0.717, 1.165) is 34.0 Å². The number of carbonyl (C=O) groups excluding carboxylic acids is 2. The molecule has 0 aliphatic carbocycles. The number of nitrogens with zero attached hydrogens (tertiary/aromatic N) is 2. The molecule has 0 radical (unpaired) electrons. The first kappa shape index (κ1) is 20.3. The normalized spacial score (nSPS) is 14.7. The van der Waals surface area contributed by atoms with E-state index in [-0.39, 0.29) is 12.0 Å². The summed E-state index contributed by atoms with van der Waals surface area (Å²) in [6.45, 7) is 2.10. The van der Waals surface area contributed by atoms with Gasteiger partial charge in [-0.05, 0) is 48.3 Å². The zero-order valence-electron chi connectivity index (χ0n) is 16.3. The first-order valence-corrected chi connectivity index (χ1v) is 10.4. The molecule has 7 nitrogen and oxygen atoms in total. The van der Waals surface area contributed by atoms with Gasteiger partial charge in [0.1, 0.15) is 16.7 Å². The summed E-state index contributed by atoms with van der Waals surface area (Å²) >= 11 is 7.40. The Morgan fingerprint density at radius 3 is 2.73 bits per heavy atom. The van der Waals surface area contributed by atoms with E-state index >= 15 is 0 Å². The van der Waals surface area contributed by atoms with Crippen LogP contribution < -0.4 is 10.1 Å². The molecule has 1 amide bonds. The van der Waals surface area contributed by atoms with Gasteiger partial charge in [0.05, 0.1) is 24.9 Å². The van der Waals surface area contributed by atoms with E-state index in [1.54, 1.807) is 19.1 Å². The molecule has 0 spiro atoms. The van der Waals surface area contributed by atoms with Crippen molar-refractivity contribution in [2.75, 3.05) is 13.7 Å². The average Bonchev–Trinajstić information content (AvgIpc) is 3.36. The molecule has 2 aromatic carbocycles. The number of nitrogens with one attached hydrogen (secondary N) is 1. The number of amides is 1. The molecule has 0 bridgehead atoms. The molecular formula is C21H18ClN3O4S.